The molecular formula is C8H10N4S2. The van der Waals surface area contributed by atoms with Crippen molar-refractivity contribution in [3.63, 3.8) is 0 Å². The molecule has 0 radical (unpaired) electrons. The second-order valence-corrected chi connectivity index (χ2v) is 4.58. The van der Waals surface area contributed by atoms with Crippen LogP contribution < -0.4 is 10.6 Å². The van der Waals surface area contributed by atoms with Crippen molar-refractivity contribution in [1.82, 2.24) is 9.97 Å². The van der Waals surface area contributed by atoms with E-state index in [0.717, 1.165) is 16.8 Å². The van der Waals surface area contributed by atoms with Gasteiger partial charge in [0.1, 0.15) is 0 Å². The van der Waals surface area contributed by atoms with Crippen LogP contribution in [0.3, 0.4) is 0 Å². The zero-order valence-electron chi connectivity index (χ0n) is 7.65. The van der Waals surface area contributed by atoms with Crippen LogP contribution in [-0.4, -0.2) is 17.0 Å². The Balaban J connectivity index is 1.92. The molecule has 0 bridgehead atoms. The molecule has 0 aliphatic carbocycles. The van der Waals surface area contributed by atoms with Crippen molar-refractivity contribution in [2.45, 2.75) is 6.54 Å². The van der Waals surface area contributed by atoms with Crippen LogP contribution in [0.1, 0.15) is 4.88 Å². The highest BCUT2D eigenvalue weighted by atomic mass is 32.1. The molecule has 2 N–H and O–H groups in total. The largest absolute Gasteiger partial charge is 0.365 e. The molecule has 6 heteroatoms. The highest BCUT2D eigenvalue weighted by Crippen LogP contribution is 2.19. The summed E-state index contributed by atoms with van der Waals surface area (Å²) in [6, 6.07) is 0. The molecule has 2 heterocycles. The Kier molecular flexibility index (Phi) is 2.95. The lowest BCUT2D eigenvalue weighted by atomic mass is 10.5. The topological polar surface area (TPSA) is 49.8 Å². The quantitative estimate of drug-likeness (QED) is 0.839. The number of rotatable bonds is 4. The molecule has 74 valence electrons. The van der Waals surface area contributed by atoms with E-state index in [1.807, 2.05) is 18.6 Å². The molecule has 14 heavy (non-hydrogen) atoms. The van der Waals surface area contributed by atoms with Gasteiger partial charge in [-0.25, -0.2) is 9.97 Å². The van der Waals surface area contributed by atoms with Crippen LogP contribution in [0.2, 0.25) is 0 Å². The van der Waals surface area contributed by atoms with E-state index in [0.29, 0.717) is 0 Å². The van der Waals surface area contributed by atoms with Gasteiger partial charge in [0.15, 0.2) is 10.3 Å². The van der Waals surface area contributed by atoms with E-state index in [9.17, 15) is 0 Å². The van der Waals surface area contributed by atoms with E-state index in [1.165, 1.54) is 4.88 Å². The van der Waals surface area contributed by atoms with Crippen molar-refractivity contribution >= 4 is 32.9 Å². The summed E-state index contributed by atoms with van der Waals surface area (Å²) in [6.07, 6.45) is 3.66. The van der Waals surface area contributed by atoms with E-state index >= 15 is 0 Å². The predicted octanol–water partition coefficient (Wildman–Crippen LogP) is 2.25. The van der Waals surface area contributed by atoms with E-state index in [4.69, 9.17) is 0 Å². The fourth-order valence-corrected chi connectivity index (χ4v) is 2.21. The molecule has 2 aromatic heterocycles. The lowest BCUT2D eigenvalue weighted by Gasteiger charge is -1.97. The number of anilines is 2. The Morgan fingerprint density at radius 1 is 1.36 bits per heavy atom. The number of nitrogens with zero attached hydrogens (tertiary/aromatic N) is 2. The molecule has 0 aromatic carbocycles. The van der Waals surface area contributed by atoms with Crippen LogP contribution in [0.15, 0.2) is 17.8 Å². The van der Waals surface area contributed by atoms with Crippen LogP contribution in [0.25, 0.3) is 0 Å². The monoisotopic (exact) mass is 226 g/mol. The number of hydrogen-bond donors (Lipinski definition) is 2. The Morgan fingerprint density at radius 2 is 2.29 bits per heavy atom. The smallest absolute Gasteiger partial charge is 0.182 e. The fraction of sp³-hybridized carbons (Fsp3) is 0.250. The molecule has 0 saturated carbocycles. The molecular weight excluding hydrogens is 216 g/mol. The van der Waals surface area contributed by atoms with Gasteiger partial charge in [0, 0.05) is 29.7 Å². The molecule has 0 aliphatic heterocycles. The average Bonchev–Trinajstić information content (AvgIpc) is 2.86. The van der Waals surface area contributed by atoms with Crippen molar-refractivity contribution < 1.29 is 0 Å². The second-order valence-electron chi connectivity index (χ2n) is 2.57. The summed E-state index contributed by atoms with van der Waals surface area (Å²) in [5.41, 5.74) is 0. The second kappa shape index (κ2) is 4.39. The van der Waals surface area contributed by atoms with Crippen molar-refractivity contribution in [2.75, 3.05) is 17.7 Å². The molecule has 0 aliphatic rings. The van der Waals surface area contributed by atoms with Crippen molar-refractivity contribution in [3.05, 3.63) is 22.7 Å². The van der Waals surface area contributed by atoms with Crippen LogP contribution in [0.4, 0.5) is 10.3 Å². The van der Waals surface area contributed by atoms with Gasteiger partial charge in [0.25, 0.3) is 0 Å². The minimum atomic E-state index is 0.785. The molecule has 0 fully saturated rings. The van der Waals surface area contributed by atoms with Gasteiger partial charge >= 0.3 is 0 Å². The zero-order chi connectivity index (χ0) is 9.80. The molecule has 0 unspecified atom stereocenters. The van der Waals surface area contributed by atoms with Gasteiger partial charge in [-0.05, 0) is 0 Å². The third-order valence-corrected chi connectivity index (χ3v) is 3.36. The van der Waals surface area contributed by atoms with Crippen molar-refractivity contribution in [1.29, 1.82) is 0 Å². The Bertz CT molecular complexity index is 382. The van der Waals surface area contributed by atoms with Gasteiger partial charge in [-0.2, -0.15) is 0 Å². The Labute approximate surface area is 90.0 Å². The summed E-state index contributed by atoms with van der Waals surface area (Å²) in [7, 11) is 1.87. The lowest BCUT2D eigenvalue weighted by molar-refractivity contribution is 1.16. The Morgan fingerprint density at radius 3 is 2.93 bits per heavy atom. The van der Waals surface area contributed by atoms with Gasteiger partial charge in [0.2, 0.25) is 0 Å². The molecule has 0 saturated heterocycles. The van der Waals surface area contributed by atoms with Crippen LogP contribution in [0, 0.1) is 0 Å². The number of thiazole rings is 2. The van der Waals surface area contributed by atoms with E-state index < -0.39 is 0 Å². The zero-order valence-corrected chi connectivity index (χ0v) is 9.28. The van der Waals surface area contributed by atoms with Gasteiger partial charge in [0.05, 0.1) is 6.54 Å². The molecule has 0 spiro atoms. The standard InChI is InChI=1S/C8H10N4S2/c1-9-7-11-4-6(14-7)5-12-8-10-2-3-13-8/h2-4H,5H2,1H3,(H,9,11)(H,10,12). The maximum absolute atomic E-state index is 4.19. The predicted molar refractivity (Wildman–Crippen MR) is 61.1 cm³/mol. The fourth-order valence-electron chi connectivity index (χ4n) is 0.978. The minimum Gasteiger partial charge on any atom is -0.365 e. The van der Waals surface area contributed by atoms with Gasteiger partial charge in [-0.15, -0.1) is 22.7 Å². The van der Waals surface area contributed by atoms with Crippen LogP contribution in [0.5, 0.6) is 0 Å². The Hall–Kier alpha value is -1.14. The van der Waals surface area contributed by atoms with Crippen molar-refractivity contribution in [3.8, 4) is 0 Å². The van der Waals surface area contributed by atoms with Crippen molar-refractivity contribution in [2.24, 2.45) is 0 Å². The normalized spacial score (nSPS) is 10.1. The maximum atomic E-state index is 4.19. The maximum Gasteiger partial charge on any atom is 0.182 e. The summed E-state index contributed by atoms with van der Waals surface area (Å²) < 4.78 is 0. The minimum absolute atomic E-state index is 0.785. The summed E-state index contributed by atoms with van der Waals surface area (Å²) in [5, 5.41) is 10.1. The van der Waals surface area contributed by atoms with Gasteiger partial charge in [-0.1, -0.05) is 0 Å². The molecule has 2 rings (SSSR count). The summed E-state index contributed by atoms with van der Waals surface area (Å²) >= 11 is 3.25. The van der Waals surface area contributed by atoms with Crippen LogP contribution >= 0.6 is 22.7 Å². The third-order valence-electron chi connectivity index (χ3n) is 1.61. The molecule has 2 aromatic rings. The molecule has 0 amide bonds. The number of nitrogens with one attached hydrogen (secondary N) is 2. The van der Waals surface area contributed by atoms with E-state index in [1.54, 1.807) is 28.9 Å². The van der Waals surface area contributed by atoms with Gasteiger partial charge in [-0.3, -0.25) is 0 Å². The molecule has 4 nitrogen and oxygen atoms in total. The number of aromatic nitrogens is 2. The average molecular weight is 226 g/mol. The highest BCUT2D eigenvalue weighted by Gasteiger charge is 2.00. The number of hydrogen-bond acceptors (Lipinski definition) is 6. The van der Waals surface area contributed by atoms with E-state index in [2.05, 4.69) is 20.6 Å². The first-order valence-electron chi connectivity index (χ1n) is 4.14. The van der Waals surface area contributed by atoms with Crippen LogP contribution in [-0.2, 0) is 6.54 Å². The molecule has 0 atom stereocenters. The van der Waals surface area contributed by atoms with Gasteiger partial charge < -0.3 is 10.6 Å². The first-order valence-corrected chi connectivity index (χ1v) is 5.84. The first-order chi connectivity index (χ1) is 6.88. The summed E-state index contributed by atoms with van der Waals surface area (Å²) in [5.74, 6) is 0. The van der Waals surface area contributed by atoms with E-state index in [-0.39, 0.29) is 0 Å². The SMILES string of the molecule is CNc1ncc(CNc2nccs2)s1. The highest BCUT2D eigenvalue weighted by molar-refractivity contribution is 7.15. The lowest BCUT2D eigenvalue weighted by Crippen LogP contribution is -1.95. The summed E-state index contributed by atoms with van der Waals surface area (Å²) in [4.78, 5) is 9.52. The summed E-state index contributed by atoms with van der Waals surface area (Å²) in [6.45, 7) is 0.785. The first kappa shape index (κ1) is 9.42. The third kappa shape index (κ3) is 2.21.